The molecule has 7 nitrogen and oxygen atoms in total. The smallest absolute Gasteiger partial charge is 0.160 e. The zero-order valence-corrected chi connectivity index (χ0v) is 21.1. The molecule has 2 N–H and O–H groups in total. The van der Waals surface area contributed by atoms with Gasteiger partial charge in [-0.1, -0.05) is 18.2 Å². The van der Waals surface area contributed by atoms with E-state index in [9.17, 15) is 0 Å². The highest BCUT2D eigenvalue weighted by Crippen LogP contribution is 2.31. The van der Waals surface area contributed by atoms with Crippen molar-refractivity contribution in [2.75, 3.05) is 25.5 Å². The molecule has 4 heterocycles. The first-order valence-electron chi connectivity index (χ1n) is 12.0. The average molecular weight is 501 g/mol. The highest BCUT2D eigenvalue weighted by Gasteiger charge is 2.26. The Balaban J connectivity index is 0.00000267. The molecule has 3 aliphatic rings. The van der Waals surface area contributed by atoms with Crippen molar-refractivity contribution in [1.29, 1.82) is 0 Å². The van der Waals surface area contributed by atoms with E-state index in [0.717, 1.165) is 59.0 Å². The molecule has 2 unspecified atom stereocenters. The summed E-state index contributed by atoms with van der Waals surface area (Å²) in [6.07, 6.45) is 15.5. The van der Waals surface area contributed by atoms with Gasteiger partial charge in [0.05, 0.1) is 17.3 Å². The zero-order chi connectivity index (χ0) is 23.8. The number of aromatic nitrogens is 3. The summed E-state index contributed by atoms with van der Waals surface area (Å²) < 4.78 is 6.24. The van der Waals surface area contributed by atoms with Gasteiger partial charge in [-0.2, -0.15) is 0 Å². The molecule has 2 atom stereocenters. The van der Waals surface area contributed by atoms with Gasteiger partial charge in [0.25, 0.3) is 0 Å². The summed E-state index contributed by atoms with van der Waals surface area (Å²) in [5.41, 5.74) is 5.79. The van der Waals surface area contributed by atoms with Crippen LogP contribution in [-0.4, -0.2) is 46.0 Å². The van der Waals surface area contributed by atoms with E-state index in [1.54, 1.807) is 6.33 Å². The molecule has 0 bridgehead atoms. The molecule has 0 spiro atoms. The second kappa shape index (κ2) is 10.1. The van der Waals surface area contributed by atoms with Gasteiger partial charge < -0.3 is 20.3 Å². The third-order valence-corrected chi connectivity index (χ3v) is 6.77. The molecule has 1 aromatic carbocycles. The molecule has 0 fully saturated rings. The number of hydrogen-bond donors (Lipinski definition) is 2. The van der Waals surface area contributed by atoms with Crippen LogP contribution in [0.15, 0.2) is 79.0 Å². The predicted molar refractivity (Wildman–Crippen MR) is 147 cm³/mol. The Morgan fingerprint density at radius 2 is 2.06 bits per heavy atom. The minimum Gasteiger partial charge on any atom is -0.457 e. The van der Waals surface area contributed by atoms with E-state index >= 15 is 0 Å². The molecule has 0 radical (unpaired) electrons. The van der Waals surface area contributed by atoms with Crippen LogP contribution in [0.5, 0.6) is 5.75 Å². The van der Waals surface area contributed by atoms with E-state index in [1.807, 2.05) is 24.3 Å². The molecule has 184 valence electrons. The van der Waals surface area contributed by atoms with Gasteiger partial charge in [0.15, 0.2) is 5.82 Å². The minimum atomic E-state index is 0. The number of hydrogen-bond acceptors (Lipinski definition) is 7. The van der Waals surface area contributed by atoms with Crippen molar-refractivity contribution < 1.29 is 4.74 Å². The summed E-state index contributed by atoms with van der Waals surface area (Å²) in [4.78, 5) is 16.0. The van der Waals surface area contributed by atoms with Crippen molar-refractivity contribution in [3.8, 4) is 5.75 Å². The Morgan fingerprint density at radius 3 is 2.89 bits per heavy atom. The second-order valence-electron chi connectivity index (χ2n) is 9.18. The van der Waals surface area contributed by atoms with Crippen LogP contribution >= 0.6 is 12.4 Å². The van der Waals surface area contributed by atoms with Gasteiger partial charge in [-0.3, -0.25) is 0 Å². The second-order valence-corrected chi connectivity index (χ2v) is 9.18. The monoisotopic (exact) mass is 500 g/mol. The highest BCUT2D eigenvalue weighted by atomic mass is 35.5. The fourth-order valence-electron chi connectivity index (χ4n) is 4.80. The lowest BCUT2D eigenvalue weighted by molar-refractivity contribution is 0.357. The van der Waals surface area contributed by atoms with E-state index in [-0.39, 0.29) is 12.4 Å². The molecule has 0 saturated carbocycles. The molecule has 1 aliphatic carbocycles. The summed E-state index contributed by atoms with van der Waals surface area (Å²) >= 11 is 0. The first kappa shape index (κ1) is 24.0. The molecule has 2 aromatic heterocycles. The number of nitrogens with zero attached hydrogens (tertiary/aromatic N) is 4. The van der Waals surface area contributed by atoms with Crippen LogP contribution in [-0.2, 0) is 0 Å². The summed E-state index contributed by atoms with van der Waals surface area (Å²) in [5.74, 6) is 2.82. The van der Waals surface area contributed by atoms with Gasteiger partial charge in [-0.05, 0) is 79.7 Å². The van der Waals surface area contributed by atoms with Crippen LogP contribution < -0.4 is 15.4 Å². The van der Waals surface area contributed by atoms with Crippen molar-refractivity contribution in [1.82, 2.24) is 25.2 Å². The van der Waals surface area contributed by atoms with Gasteiger partial charge in [0, 0.05) is 25.2 Å². The molecule has 2 aliphatic heterocycles. The van der Waals surface area contributed by atoms with Crippen molar-refractivity contribution in [2.24, 2.45) is 5.92 Å². The van der Waals surface area contributed by atoms with Crippen molar-refractivity contribution in [2.45, 2.75) is 19.4 Å². The molecular formula is C28H29ClN6O. The van der Waals surface area contributed by atoms with E-state index in [0.29, 0.717) is 17.8 Å². The van der Waals surface area contributed by atoms with E-state index in [4.69, 9.17) is 9.72 Å². The molecule has 0 amide bonds. The quantitative estimate of drug-likeness (QED) is 0.501. The van der Waals surface area contributed by atoms with E-state index in [2.05, 4.69) is 82.1 Å². The van der Waals surface area contributed by atoms with Crippen molar-refractivity contribution in [3.05, 3.63) is 90.3 Å². The normalized spacial score (nSPS) is 20.4. The number of aryl methyl sites for hydroxylation is 1. The van der Waals surface area contributed by atoms with Crippen LogP contribution in [0.4, 0.5) is 11.5 Å². The van der Waals surface area contributed by atoms with Gasteiger partial charge in [0.2, 0.25) is 0 Å². The number of fused-ring (bicyclic) bond motifs is 2. The fraction of sp³-hybridized carbons (Fsp3) is 0.250. The molecule has 8 heteroatoms. The Kier molecular flexibility index (Phi) is 6.76. The number of pyridine rings is 1. The van der Waals surface area contributed by atoms with Gasteiger partial charge in [-0.15, -0.1) is 12.4 Å². The maximum absolute atomic E-state index is 6.24. The molecular weight excluding hydrogens is 472 g/mol. The first-order valence-corrected chi connectivity index (χ1v) is 12.0. The minimum absolute atomic E-state index is 0. The molecule has 36 heavy (non-hydrogen) atoms. The lowest BCUT2D eigenvalue weighted by Gasteiger charge is -2.25. The SMILES string of the molecule is Cc1cc(Nc2ncnc3ccc(C4=CCNCC4)nc23)ccc1OC1=CC2C(C=C1)C=CN2C.Cl. The molecule has 3 aromatic rings. The van der Waals surface area contributed by atoms with Gasteiger partial charge in [-0.25, -0.2) is 15.0 Å². The lowest BCUT2D eigenvalue weighted by Crippen LogP contribution is -2.28. The van der Waals surface area contributed by atoms with Crippen LogP contribution in [0.3, 0.4) is 0 Å². The van der Waals surface area contributed by atoms with E-state index in [1.165, 1.54) is 5.57 Å². The largest absolute Gasteiger partial charge is 0.457 e. The predicted octanol–water partition coefficient (Wildman–Crippen LogP) is 5.15. The molecule has 6 rings (SSSR count). The topological polar surface area (TPSA) is 75.2 Å². The number of likely N-dealkylation sites (N-methyl/N-ethyl adjacent to an activating group) is 1. The van der Waals surface area contributed by atoms with Gasteiger partial charge >= 0.3 is 0 Å². The van der Waals surface area contributed by atoms with Crippen molar-refractivity contribution in [3.63, 3.8) is 0 Å². The summed E-state index contributed by atoms with van der Waals surface area (Å²) in [6.45, 7) is 3.90. The van der Waals surface area contributed by atoms with E-state index < -0.39 is 0 Å². The average Bonchev–Trinajstić information content (AvgIpc) is 3.26. The van der Waals surface area contributed by atoms with Crippen LogP contribution in [0, 0.1) is 12.8 Å². The standard InChI is InChI=1S/C28H28N6O.ClH/c1-18-15-21(4-8-26(18)35-22-5-3-20-11-14-34(2)25(20)16-22)32-28-27-24(30-17-31-28)7-6-23(33-27)19-9-12-29-13-10-19;/h3-9,11,14-17,20,25,29H,10,12-13H2,1-2H3,(H,30,31,32);1H. The Labute approximate surface area is 217 Å². The first-order chi connectivity index (χ1) is 17.1. The number of allylic oxidation sites excluding steroid dienone is 1. The summed E-state index contributed by atoms with van der Waals surface area (Å²) in [7, 11) is 2.10. The fourth-order valence-corrected chi connectivity index (χ4v) is 4.80. The number of halogens is 1. The maximum atomic E-state index is 6.24. The summed E-state index contributed by atoms with van der Waals surface area (Å²) in [6, 6.07) is 10.5. The number of anilines is 2. The summed E-state index contributed by atoms with van der Waals surface area (Å²) in [5, 5.41) is 6.79. The van der Waals surface area contributed by atoms with Crippen LogP contribution in [0.1, 0.15) is 17.7 Å². The third kappa shape index (κ3) is 4.72. The van der Waals surface area contributed by atoms with Crippen LogP contribution in [0.25, 0.3) is 16.6 Å². The number of ether oxygens (including phenoxy) is 1. The lowest BCUT2D eigenvalue weighted by atomic mass is 9.96. The Bertz CT molecular complexity index is 1410. The maximum Gasteiger partial charge on any atom is 0.160 e. The van der Waals surface area contributed by atoms with Crippen molar-refractivity contribution >= 4 is 40.5 Å². The Morgan fingerprint density at radius 1 is 1.14 bits per heavy atom. The number of nitrogens with one attached hydrogen (secondary N) is 2. The highest BCUT2D eigenvalue weighted by molar-refractivity contribution is 5.88. The number of benzene rings is 1. The third-order valence-electron chi connectivity index (χ3n) is 6.77. The molecule has 0 saturated heterocycles. The zero-order valence-electron chi connectivity index (χ0n) is 20.3. The van der Waals surface area contributed by atoms with Gasteiger partial charge in [0.1, 0.15) is 23.4 Å². The Hall–Kier alpha value is -3.68. The number of rotatable bonds is 5. The van der Waals surface area contributed by atoms with Crippen LogP contribution in [0.2, 0.25) is 0 Å².